The minimum Gasteiger partial charge on any atom is -0.465 e. The molecule has 1 rings (SSSR count). The minimum atomic E-state index is -0.352. The summed E-state index contributed by atoms with van der Waals surface area (Å²) in [5.74, 6) is 1.99. The van der Waals surface area contributed by atoms with Gasteiger partial charge in [-0.25, -0.2) is 0 Å². The lowest BCUT2D eigenvalue weighted by Crippen LogP contribution is -2.20. The van der Waals surface area contributed by atoms with Gasteiger partial charge < -0.3 is 14.3 Å². The molecule has 0 spiro atoms. The molecule has 0 radical (unpaired) electrons. The number of carbonyl (C=O) groups excluding carboxylic acids is 1. The van der Waals surface area contributed by atoms with E-state index in [1.54, 1.807) is 0 Å². The van der Waals surface area contributed by atoms with Crippen LogP contribution in [-0.4, -0.2) is 19.2 Å². The number of benzene rings is 1. The molecule has 3 nitrogen and oxygen atoms in total. The summed E-state index contributed by atoms with van der Waals surface area (Å²) in [5.41, 5.74) is 1.59. The lowest BCUT2D eigenvalue weighted by atomic mass is 9.72. The SMILES string of the molecule is CC(C)CC(c1ccc(OC(C)OCCC=O)cc1)C(C)(C)C. The molecule has 0 bridgehead atoms. The summed E-state index contributed by atoms with van der Waals surface area (Å²) in [6.45, 7) is 13.7. The van der Waals surface area contributed by atoms with Gasteiger partial charge in [0.15, 0.2) is 6.29 Å². The van der Waals surface area contributed by atoms with E-state index in [0.29, 0.717) is 24.9 Å². The Balaban J connectivity index is 2.71. The molecule has 0 aliphatic heterocycles. The highest BCUT2D eigenvalue weighted by Crippen LogP contribution is 2.40. The van der Waals surface area contributed by atoms with Crippen LogP contribution >= 0.6 is 0 Å². The van der Waals surface area contributed by atoms with Crippen LogP contribution in [0.4, 0.5) is 0 Å². The molecule has 0 aliphatic rings. The van der Waals surface area contributed by atoms with E-state index in [1.807, 2.05) is 19.1 Å². The molecule has 0 saturated carbocycles. The van der Waals surface area contributed by atoms with E-state index in [2.05, 4.69) is 46.8 Å². The van der Waals surface area contributed by atoms with Gasteiger partial charge in [0.2, 0.25) is 0 Å². The van der Waals surface area contributed by atoms with E-state index in [9.17, 15) is 4.79 Å². The van der Waals surface area contributed by atoms with Crippen LogP contribution in [0.5, 0.6) is 5.75 Å². The Hall–Kier alpha value is -1.35. The highest BCUT2D eigenvalue weighted by atomic mass is 16.7. The molecule has 0 saturated heterocycles. The first kappa shape index (κ1) is 19.7. The zero-order chi connectivity index (χ0) is 17.5. The van der Waals surface area contributed by atoms with Crippen molar-refractivity contribution in [2.24, 2.45) is 11.3 Å². The van der Waals surface area contributed by atoms with Gasteiger partial charge in [-0.15, -0.1) is 0 Å². The van der Waals surface area contributed by atoms with Crippen LogP contribution in [0.2, 0.25) is 0 Å². The molecule has 1 aromatic carbocycles. The van der Waals surface area contributed by atoms with Gasteiger partial charge in [0.25, 0.3) is 0 Å². The molecule has 2 atom stereocenters. The van der Waals surface area contributed by atoms with Gasteiger partial charge in [-0.2, -0.15) is 0 Å². The highest BCUT2D eigenvalue weighted by molar-refractivity contribution is 5.49. The second-order valence-corrected chi connectivity index (χ2v) is 7.63. The Morgan fingerprint density at radius 2 is 1.70 bits per heavy atom. The number of hydrogen-bond acceptors (Lipinski definition) is 3. The Labute approximate surface area is 141 Å². The summed E-state index contributed by atoms with van der Waals surface area (Å²) in [6, 6.07) is 8.33. The monoisotopic (exact) mass is 320 g/mol. The fourth-order valence-corrected chi connectivity index (χ4v) is 2.75. The quantitative estimate of drug-likeness (QED) is 0.357. The van der Waals surface area contributed by atoms with Crippen molar-refractivity contribution in [3.05, 3.63) is 29.8 Å². The van der Waals surface area contributed by atoms with Crippen molar-refractivity contribution in [2.45, 2.75) is 66.6 Å². The second kappa shape index (κ2) is 9.07. The van der Waals surface area contributed by atoms with Crippen molar-refractivity contribution >= 4 is 6.29 Å². The third-order valence-corrected chi connectivity index (χ3v) is 3.93. The maximum Gasteiger partial charge on any atom is 0.196 e. The normalized spacial score (nSPS) is 14.6. The van der Waals surface area contributed by atoms with E-state index in [0.717, 1.165) is 12.0 Å². The maximum absolute atomic E-state index is 10.3. The predicted molar refractivity (Wildman–Crippen MR) is 94.8 cm³/mol. The fourth-order valence-electron chi connectivity index (χ4n) is 2.75. The topological polar surface area (TPSA) is 35.5 Å². The number of aldehydes is 1. The number of hydrogen-bond donors (Lipinski definition) is 0. The van der Waals surface area contributed by atoms with Crippen LogP contribution in [0.3, 0.4) is 0 Å². The number of carbonyl (C=O) groups is 1. The van der Waals surface area contributed by atoms with Crippen LogP contribution in [-0.2, 0) is 9.53 Å². The van der Waals surface area contributed by atoms with Crippen LogP contribution in [0.25, 0.3) is 0 Å². The smallest absolute Gasteiger partial charge is 0.196 e. The third kappa shape index (κ3) is 7.17. The molecular weight excluding hydrogens is 288 g/mol. The molecule has 0 N–H and O–H groups in total. The fraction of sp³-hybridized carbons (Fsp3) is 0.650. The molecule has 0 heterocycles. The van der Waals surface area contributed by atoms with Crippen molar-refractivity contribution in [3.63, 3.8) is 0 Å². The average Bonchev–Trinajstić information content (AvgIpc) is 2.45. The summed E-state index contributed by atoms with van der Waals surface area (Å²) in [5, 5.41) is 0. The molecule has 0 amide bonds. The lowest BCUT2D eigenvalue weighted by Gasteiger charge is -2.32. The van der Waals surface area contributed by atoms with Crippen molar-refractivity contribution < 1.29 is 14.3 Å². The number of rotatable bonds is 9. The molecule has 2 unspecified atom stereocenters. The molecule has 1 aromatic rings. The van der Waals surface area contributed by atoms with Gasteiger partial charge in [-0.1, -0.05) is 46.8 Å². The zero-order valence-electron chi connectivity index (χ0n) is 15.5. The van der Waals surface area contributed by atoms with Crippen LogP contribution in [0.1, 0.15) is 65.9 Å². The van der Waals surface area contributed by atoms with Gasteiger partial charge in [-0.05, 0) is 48.3 Å². The molecule has 3 heteroatoms. The predicted octanol–water partition coefficient (Wildman–Crippen LogP) is 5.19. The first-order valence-corrected chi connectivity index (χ1v) is 8.56. The Morgan fingerprint density at radius 1 is 1.09 bits per heavy atom. The first-order valence-electron chi connectivity index (χ1n) is 8.56. The van der Waals surface area contributed by atoms with Crippen molar-refractivity contribution in [1.29, 1.82) is 0 Å². The molecule has 0 fully saturated rings. The maximum atomic E-state index is 10.3. The van der Waals surface area contributed by atoms with E-state index >= 15 is 0 Å². The molecule has 130 valence electrons. The standard InChI is InChI=1S/C20H32O3/c1-15(2)14-19(20(4,5)6)17-8-10-18(11-9-17)23-16(3)22-13-7-12-21/h8-12,15-16,19H,7,13-14H2,1-6H3. The van der Waals surface area contributed by atoms with Gasteiger partial charge in [-0.3, -0.25) is 0 Å². The van der Waals surface area contributed by atoms with E-state index in [4.69, 9.17) is 9.47 Å². The van der Waals surface area contributed by atoms with E-state index < -0.39 is 0 Å². The summed E-state index contributed by atoms with van der Waals surface area (Å²) in [4.78, 5) is 10.3. The van der Waals surface area contributed by atoms with Crippen LogP contribution < -0.4 is 4.74 Å². The highest BCUT2D eigenvalue weighted by Gasteiger charge is 2.26. The Morgan fingerprint density at radius 3 is 2.17 bits per heavy atom. The van der Waals surface area contributed by atoms with Crippen molar-refractivity contribution in [3.8, 4) is 5.75 Å². The van der Waals surface area contributed by atoms with E-state index in [1.165, 1.54) is 12.0 Å². The van der Waals surface area contributed by atoms with Crippen molar-refractivity contribution in [2.75, 3.05) is 6.61 Å². The molecular formula is C20H32O3. The largest absolute Gasteiger partial charge is 0.465 e. The summed E-state index contributed by atoms with van der Waals surface area (Å²) in [6.07, 6.45) is 2.07. The zero-order valence-corrected chi connectivity index (χ0v) is 15.5. The van der Waals surface area contributed by atoms with Gasteiger partial charge >= 0.3 is 0 Å². The van der Waals surface area contributed by atoms with Gasteiger partial charge in [0.05, 0.1) is 6.61 Å². The Kier molecular flexibility index (Phi) is 7.77. The average molecular weight is 320 g/mol. The molecule has 0 aromatic heterocycles. The van der Waals surface area contributed by atoms with Gasteiger partial charge in [0.1, 0.15) is 12.0 Å². The third-order valence-electron chi connectivity index (χ3n) is 3.93. The van der Waals surface area contributed by atoms with Gasteiger partial charge in [0, 0.05) is 6.42 Å². The summed E-state index contributed by atoms with van der Waals surface area (Å²) in [7, 11) is 0. The second-order valence-electron chi connectivity index (χ2n) is 7.63. The molecule has 23 heavy (non-hydrogen) atoms. The summed E-state index contributed by atoms with van der Waals surface area (Å²) >= 11 is 0. The van der Waals surface area contributed by atoms with Crippen LogP contribution in [0.15, 0.2) is 24.3 Å². The van der Waals surface area contributed by atoms with Crippen molar-refractivity contribution in [1.82, 2.24) is 0 Å². The molecule has 0 aliphatic carbocycles. The Bertz CT molecular complexity index is 457. The van der Waals surface area contributed by atoms with E-state index in [-0.39, 0.29) is 11.7 Å². The van der Waals surface area contributed by atoms with Crippen LogP contribution in [0, 0.1) is 11.3 Å². The first-order chi connectivity index (χ1) is 10.7. The number of ether oxygens (including phenoxy) is 2. The summed E-state index contributed by atoms with van der Waals surface area (Å²) < 4.78 is 11.1. The lowest BCUT2D eigenvalue weighted by molar-refractivity contribution is -0.111. The minimum absolute atomic E-state index is 0.234.